The molecule has 10 heteroatoms. The Labute approximate surface area is 134 Å². The van der Waals surface area contributed by atoms with E-state index in [2.05, 4.69) is 15.6 Å². The van der Waals surface area contributed by atoms with Crippen LogP contribution in [0.1, 0.15) is 0 Å². The number of anilines is 1. The number of nitrogens with zero attached hydrogens (tertiary/aromatic N) is 1. The van der Waals surface area contributed by atoms with Gasteiger partial charge < -0.3 is 5.32 Å². The van der Waals surface area contributed by atoms with Crippen LogP contribution in [0.15, 0.2) is 18.2 Å². The second-order valence-corrected chi connectivity index (χ2v) is 8.67. The molecule has 2 atom stereocenters. The number of carbonyl (C=O) groups excluding carboxylic acids is 1. The predicted octanol–water partition coefficient (Wildman–Crippen LogP) is 1.96. The summed E-state index contributed by atoms with van der Waals surface area (Å²) in [7, 11) is -3.22. The Hall–Kier alpha value is -1.45. The Kier molecular flexibility index (Phi) is 3.96. The number of amides is 2. The largest absolute Gasteiger partial charge is 0.333 e. The molecule has 22 heavy (non-hydrogen) atoms. The molecule has 0 radical (unpaired) electrons. The molecule has 1 fully saturated rings. The van der Waals surface area contributed by atoms with Gasteiger partial charge in [-0.1, -0.05) is 11.3 Å². The molecule has 0 aliphatic carbocycles. The van der Waals surface area contributed by atoms with Crippen LogP contribution in [-0.4, -0.2) is 42.4 Å². The van der Waals surface area contributed by atoms with Crippen LogP contribution in [0.3, 0.4) is 0 Å². The Morgan fingerprint density at radius 3 is 2.86 bits per heavy atom. The van der Waals surface area contributed by atoms with Gasteiger partial charge in [0.1, 0.15) is 5.82 Å². The van der Waals surface area contributed by atoms with Gasteiger partial charge in [-0.2, -0.15) is 0 Å². The molecule has 1 aromatic heterocycles. The maximum absolute atomic E-state index is 13.1. The van der Waals surface area contributed by atoms with Gasteiger partial charge in [-0.15, -0.1) is 11.6 Å². The number of benzene rings is 1. The van der Waals surface area contributed by atoms with E-state index in [4.69, 9.17) is 11.6 Å². The maximum atomic E-state index is 13.1. The van der Waals surface area contributed by atoms with Crippen molar-refractivity contribution in [2.75, 3.05) is 16.8 Å². The second-order valence-electron chi connectivity index (χ2n) is 4.93. The highest BCUT2D eigenvalue weighted by molar-refractivity contribution is 7.91. The maximum Gasteiger partial charge on any atom is 0.321 e. The SMILES string of the molecule is O=C(Nc1nc2ccc(F)cc2s1)NC1CS(=O)(=O)CC1Cl. The first-order valence-corrected chi connectivity index (χ1v) is 9.38. The van der Waals surface area contributed by atoms with Crippen molar-refractivity contribution in [2.24, 2.45) is 0 Å². The molecule has 2 aromatic rings. The summed E-state index contributed by atoms with van der Waals surface area (Å²) in [6, 6.07) is 2.90. The summed E-state index contributed by atoms with van der Waals surface area (Å²) in [6.45, 7) is 0. The summed E-state index contributed by atoms with van der Waals surface area (Å²) in [5.74, 6) is -0.715. The van der Waals surface area contributed by atoms with Crippen molar-refractivity contribution in [3.8, 4) is 0 Å². The lowest BCUT2D eigenvalue weighted by atomic mass is 10.2. The van der Waals surface area contributed by atoms with Gasteiger partial charge in [-0.05, 0) is 18.2 Å². The normalized spacial score (nSPS) is 23.5. The lowest BCUT2D eigenvalue weighted by molar-refractivity contribution is 0.249. The van der Waals surface area contributed by atoms with Gasteiger partial charge >= 0.3 is 6.03 Å². The average molecular weight is 364 g/mol. The van der Waals surface area contributed by atoms with Crippen LogP contribution in [0.5, 0.6) is 0 Å². The molecule has 2 heterocycles. The van der Waals surface area contributed by atoms with Crippen molar-refractivity contribution in [3.63, 3.8) is 0 Å². The van der Waals surface area contributed by atoms with Crippen LogP contribution in [0.4, 0.5) is 14.3 Å². The third kappa shape index (κ3) is 3.31. The van der Waals surface area contributed by atoms with Crippen molar-refractivity contribution in [1.82, 2.24) is 10.3 Å². The second kappa shape index (κ2) is 5.64. The molecule has 1 saturated heterocycles. The highest BCUT2D eigenvalue weighted by Gasteiger charge is 2.37. The summed E-state index contributed by atoms with van der Waals surface area (Å²) in [5, 5.41) is 4.67. The van der Waals surface area contributed by atoms with Crippen molar-refractivity contribution < 1.29 is 17.6 Å². The van der Waals surface area contributed by atoms with Gasteiger partial charge in [0.05, 0.1) is 33.1 Å². The van der Waals surface area contributed by atoms with Gasteiger partial charge in [0.2, 0.25) is 0 Å². The summed E-state index contributed by atoms with van der Waals surface area (Å²) >= 11 is 7.04. The first-order chi connectivity index (χ1) is 10.3. The number of fused-ring (bicyclic) bond motifs is 1. The lowest BCUT2D eigenvalue weighted by Crippen LogP contribution is -2.42. The van der Waals surface area contributed by atoms with E-state index in [0.717, 1.165) is 11.3 Å². The standard InChI is InChI=1S/C12H11ClFN3O3S2/c13-7-4-22(19,20)5-9(7)15-11(18)17-12-16-8-2-1-6(14)3-10(8)21-12/h1-3,7,9H,4-5H2,(H2,15,16,17,18). The molecule has 0 spiro atoms. The zero-order valence-electron chi connectivity index (χ0n) is 11.0. The fourth-order valence-corrected chi connectivity index (χ4v) is 5.63. The van der Waals surface area contributed by atoms with Gasteiger partial charge in [0.15, 0.2) is 15.0 Å². The molecule has 0 saturated carbocycles. The third-order valence-electron chi connectivity index (χ3n) is 3.17. The Morgan fingerprint density at radius 1 is 1.41 bits per heavy atom. The molecule has 0 bridgehead atoms. The van der Waals surface area contributed by atoms with Crippen LogP contribution in [0.25, 0.3) is 10.2 Å². The molecule has 2 unspecified atom stereocenters. The highest BCUT2D eigenvalue weighted by Crippen LogP contribution is 2.26. The number of sulfone groups is 1. The number of thiazole rings is 1. The Morgan fingerprint density at radius 2 is 2.18 bits per heavy atom. The Balaban J connectivity index is 1.68. The number of hydrogen-bond donors (Lipinski definition) is 2. The molecule has 118 valence electrons. The van der Waals surface area contributed by atoms with Crippen LogP contribution < -0.4 is 10.6 Å². The van der Waals surface area contributed by atoms with E-state index in [9.17, 15) is 17.6 Å². The molecule has 6 nitrogen and oxygen atoms in total. The molecular formula is C12H11ClFN3O3S2. The number of aromatic nitrogens is 1. The number of alkyl halides is 1. The fourth-order valence-electron chi connectivity index (χ4n) is 2.19. The first-order valence-electron chi connectivity index (χ1n) is 6.30. The van der Waals surface area contributed by atoms with E-state index in [1.165, 1.54) is 18.2 Å². The van der Waals surface area contributed by atoms with Crippen molar-refractivity contribution in [1.29, 1.82) is 0 Å². The van der Waals surface area contributed by atoms with Gasteiger partial charge in [0.25, 0.3) is 0 Å². The van der Waals surface area contributed by atoms with Crippen molar-refractivity contribution in [3.05, 3.63) is 24.0 Å². The van der Waals surface area contributed by atoms with E-state index in [1.807, 2.05) is 0 Å². The number of nitrogens with one attached hydrogen (secondary N) is 2. The lowest BCUT2D eigenvalue weighted by Gasteiger charge is -2.13. The minimum atomic E-state index is -3.22. The topological polar surface area (TPSA) is 88.2 Å². The average Bonchev–Trinajstić information content (AvgIpc) is 2.88. The van der Waals surface area contributed by atoms with Crippen molar-refractivity contribution >= 4 is 54.2 Å². The molecule has 1 aliphatic heterocycles. The van der Waals surface area contributed by atoms with Gasteiger partial charge in [0, 0.05) is 0 Å². The number of hydrogen-bond acceptors (Lipinski definition) is 5. The minimum Gasteiger partial charge on any atom is -0.333 e. The third-order valence-corrected chi connectivity index (χ3v) is 6.48. The molecule has 2 N–H and O–H groups in total. The van der Waals surface area contributed by atoms with Crippen LogP contribution in [0.2, 0.25) is 0 Å². The summed E-state index contributed by atoms with van der Waals surface area (Å²) in [5.41, 5.74) is 0.570. The van der Waals surface area contributed by atoms with Crippen LogP contribution >= 0.6 is 22.9 Å². The molecular weight excluding hydrogens is 353 g/mol. The van der Waals surface area contributed by atoms with Crippen LogP contribution in [0, 0.1) is 5.82 Å². The molecule has 3 rings (SSSR count). The summed E-state index contributed by atoms with van der Waals surface area (Å²) in [6.07, 6.45) is 0. The van der Waals surface area contributed by atoms with E-state index < -0.39 is 27.3 Å². The van der Waals surface area contributed by atoms with Crippen LogP contribution in [-0.2, 0) is 9.84 Å². The number of urea groups is 1. The monoisotopic (exact) mass is 363 g/mol. The number of rotatable bonds is 2. The zero-order valence-corrected chi connectivity index (χ0v) is 13.4. The summed E-state index contributed by atoms with van der Waals surface area (Å²) in [4.78, 5) is 16.0. The fraction of sp³-hybridized carbons (Fsp3) is 0.333. The molecule has 1 aliphatic rings. The number of carbonyl (C=O) groups is 1. The quantitative estimate of drug-likeness (QED) is 0.798. The van der Waals surface area contributed by atoms with E-state index in [0.29, 0.717) is 15.3 Å². The van der Waals surface area contributed by atoms with Crippen molar-refractivity contribution in [2.45, 2.75) is 11.4 Å². The van der Waals surface area contributed by atoms with E-state index >= 15 is 0 Å². The van der Waals surface area contributed by atoms with E-state index in [1.54, 1.807) is 0 Å². The van der Waals surface area contributed by atoms with Gasteiger partial charge in [-0.3, -0.25) is 5.32 Å². The van der Waals surface area contributed by atoms with E-state index in [-0.39, 0.29) is 17.3 Å². The Bertz CT molecular complexity index is 839. The summed E-state index contributed by atoms with van der Waals surface area (Å²) < 4.78 is 36.6. The van der Waals surface area contributed by atoms with Gasteiger partial charge in [-0.25, -0.2) is 22.6 Å². The predicted molar refractivity (Wildman–Crippen MR) is 83.8 cm³/mol. The molecule has 2 amide bonds. The number of halogens is 2. The minimum absolute atomic E-state index is 0.153. The molecule has 1 aromatic carbocycles. The highest BCUT2D eigenvalue weighted by atomic mass is 35.5. The zero-order chi connectivity index (χ0) is 15.9. The first kappa shape index (κ1) is 15.4. The smallest absolute Gasteiger partial charge is 0.321 e.